The van der Waals surface area contributed by atoms with Crippen LogP contribution in [0.5, 0.6) is 5.75 Å². The van der Waals surface area contributed by atoms with Gasteiger partial charge in [0.15, 0.2) is 0 Å². The topological polar surface area (TPSA) is 63.6 Å². The smallest absolute Gasteiger partial charge is 0.343 e. The maximum absolute atomic E-state index is 12.2. The van der Waals surface area contributed by atoms with Crippen molar-refractivity contribution in [3.63, 3.8) is 0 Å². The predicted octanol–water partition coefficient (Wildman–Crippen LogP) is 3.56. The van der Waals surface area contributed by atoms with Crippen LogP contribution in [0.4, 0.5) is 0 Å². The molecular formula is C17H16O4. The van der Waals surface area contributed by atoms with Gasteiger partial charge in [-0.1, -0.05) is 31.5 Å². The molecule has 0 saturated heterocycles. The summed E-state index contributed by atoms with van der Waals surface area (Å²) in [5, 5.41) is 9.03. The Morgan fingerprint density at radius 2 is 1.81 bits per heavy atom. The van der Waals surface area contributed by atoms with E-state index < -0.39 is 11.9 Å². The highest BCUT2D eigenvalue weighted by atomic mass is 16.5. The molecule has 0 radical (unpaired) electrons. The van der Waals surface area contributed by atoms with Crippen molar-refractivity contribution in [1.82, 2.24) is 0 Å². The highest BCUT2D eigenvalue weighted by molar-refractivity contribution is 5.95. The lowest BCUT2D eigenvalue weighted by Gasteiger charge is -2.10. The van der Waals surface area contributed by atoms with Gasteiger partial charge in [0.25, 0.3) is 0 Å². The maximum Gasteiger partial charge on any atom is 0.343 e. The van der Waals surface area contributed by atoms with Crippen LogP contribution in [-0.2, 0) is 6.42 Å². The van der Waals surface area contributed by atoms with Gasteiger partial charge in [-0.25, -0.2) is 9.59 Å². The van der Waals surface area contributed by atoms with E-state index in [1.54, 1.807) is 24.3 Å². The molecule has 0 heterocycles. The van der Waals surface area contributed by atoms with Crippen molar-refractivity contribution in [2.24, 2.45) is 0 Å². The summed E-state index contributed by atoms with van der Waals surface area (Å²) in [6.07, 6.45) is 1.44. The number of ether oxygens (including phenoxy) is 1. The van der Waals surface area contributed by atoms with E-state index in [2.05, 4.69) is 0 Å². The first-order chi connectivity index (χ1) is 10.1. The van der Waals surface area contributed by atoms with Crippen LogP contribution in [0.3, 0.4) is 0 Å². The zero-order valence-corrected chi connectivity index (χ0v) is 11.7. The van der Waals surface area contributed by atoms with E-state index in [1.807, 2.05) is 13.0 Å². The van der Waals surface area contributed by atoms with Gasteiger partial charge in [-0.15, -0.1) is 0 Å². The molecule has 0 saturated carbocycles. The van der Waals surface area contributed by atoms with Gasteiger partial charge in [-0.05, 0) is 42.3 Å². The summed E-state index contributed by atoms with van der Waals surface area (Å²) in [6, 6.07) is 13.3. The fourth-order valence-corrected chi connectivity index (χ4v) is 2.05. The number of carboxylic acids is 1. The number of esters is 1. The van der Waals surface area contributed by atoms with E-state index in [-0.39, 0.29) is 5.56 Å². The van der Waals surface area contributed by atoms with Gasteiger partial charge in [-0.2, -0.15) is 0 Å². The average molecular weight is 284 g/mol. The van der Waals surface area contributed by atoms with Crippen molar-refractivity contribution in [3.05, 3.63) is 65.2 Å². The van der Waals surface area contributed by atoms with Crippen molar-refractivity contribution in [2.75, 3.05) is 0 Å². The molecule has 2 rings (SSSR count). The number of carbonyl (C=O) groups excluding carboxylic acids is 1. The third kappa shape index (κ3) is 3.69. The van der Waals surface area contributed by atoms with Gasteiger partial charge in [-0.3, -0.25) is 0 Å². The number of carbonyl (C=O) groups is 2. The van der Waals surface area contributed by atoms with E-state index in [1.165, 1.54) is 18.2 Å². The number of hydrogen-bond acceptors (Lipinski definition) is 3. The van der Waals surface area contributed by atoms with Crippen LogP contribution >= 0.6 is 0 Å². The molecule has 0 bridgehead atoms. The molecule has 0 unspecified atom stereocenters. The SMILES string of the molecule is CCCc1cc(C(=O)O)ccc1C(=O)Oc1ccccc1. The Bertz CT molecular complexity index is 647. The number of para-hydroxylation sites is 1. The number of aromatic carboxylic acids is 1. The Hall–Kier alpha value is -2.62. The molecule has 4 heteroatoms. The normalized spacial score (nSPS) is 10.1. The molecule has 0 fully saturated rings. The van der Waals surface area contributed by atoms with Gasteiger partial charge in [0.1, 0.15) is 5.75 Å². The van der Waals surface area contributed by atoms with Gasteiger partial charge >= 0.3 is 11.9 Å². The number of aryl methyl sites for hydroxylation is 1. The van der Waals surface area contributed by atoms with E-state index in [0.717, 1.165) is 6.42 Å². The number of rotatable bonds is 5. The van der Waals surface area contributed by atoms with E-state index in [9.17, 15) is 9.59 Å². The van der Waals surface area contributed by atoms with E-state index in [0.29, 0.717) is 23.3 Å². The summed E-state index contributed by atoms with van der Waals surface area (Å²) in [4.78, 5) is 23.2. The number of hydrogen-bond donors (Lipinski definition) is 1. The highest BCUT2D eigenvalue weighted by Gasteiger charge is 2.15. The minimum absolute atomic E-state index is 0.176. The van der Waals surface area contributed by atoms with Crippen LogP contribution in [0, 0.1) is 0 Å². The third-order valence-corrected chi connectivity index (χ3v) is 3.05. The Labute approximate surface area is 123 Å². The lowest BCUT2D eigenvalue weighted by molar-refractivity contribution is 0.0691. The molecule has 2 aromatic rings. The molecule has 21 heavy (non-hydrogen) atoms. The minimum Gasteiger partial charge on any atom is -0.478 e. The van der Waals surface area contributed by atoms with Crippen molar-refractivity contribution in [2.45, 2.75) is 19.8 Å². The second-order valence-electron chi connectivity index (χ2n) is 4.63. The second-order valence-corrected chi connectivity index (χ2v) is 4.63. The van der Waals surface area contributed by atoms with Crippen LogP contribution in [0.15, 0.2) is 48.5 Å². The molecule has 1 N–H and O–H groups in total. The summed E-state index contributed by atoms with van der Waals surface area (Å²) in [7, 11) is 0. The van der Waals surface area contributed by atoms with Crippen molar-refractivity contribution >= 4 is 11.9 Å². The molecule has 4 nitrogen and oxygen atoms in total. The summed E-state index contributed by atoms with van der Waals surface area (Å²) < 4.78 is 5.30. The Kier molecular flexibility index (Phi) is 4.72. The number of benzene rings is 2. The highest BCUT2D eigenvalue weighted by Crippen LogP contribution is 2.18. The molecule has 2 aromatic carbocycles. The molecule has 0 aliphatic heterocycles. The standard InChI is InChI=1S/C17H16O4/c1-2-6-12-11-13(16(18)19)9-10-15(12)17(20)21-14-7-4-3-5-8-14/h3-5,7-11H,2,6H2,1H3,(H,18,19). The van der Waals surface area contributed by atoms with Crippen LogP contribution in [-0.4, -0.2) is 17.0 Å². The quantitative estimate of drug-likeness (QED) is 0.673. The van der Waals surface area contributed by atoms with Gasteiger partial charge in [0.2, 0.25) is 0 Å². The first-order valence-corrected chi connectivity index (χ1v) is 6.75. The molecule has 0 amide bonds. The van der Waals surface area contributed by atoms with E-state index >= 15 is 0 Å². The zero-order chi connectivity index (χ0) is 15.2. The van der Waals surface area contributed by atoms with E-state index in [4.69, 9.17) is 9.84 Å². The summed E-state index contributed by atoms with van der Waals surface area (Å²) in [5.74, 6) is -1.01. The molecule has 0 aliphatic rings. The van der Waals surface area contributed by atoms with Gasteiger partial charge in [0, 0.05) is 0 Å². The third-order valence-electron chi connectivity index (χ3n) is 3.05. The lowest BCUT2D eigenvalue weighted by atomic mass is 10.00. The fraction of sp³-hybridized carbons (Fsp3) is 0.176. The molecule has 0 spiro atoms. The summed E-state index contributed by atoms with van der Waals surface area (Å²) in [6.45, 7) is 1.97. The van der Waals surface area contributed by atoms with Crippen LogP contribution in [0.2, 0.25) is 0 Å². The maximum atomic E-state index is 12.2. The van der Waals surface area contributed by atoms with Crippen LogP contribution in [0.1, 0.15) is 39.6 Å². The van der Waals surface area contributed by atoms with Gasteiger partial charge in [0.05, 0.1) is 11.1 Å². The monoisotopic (exact) mass is 284 g/mol. The van der Waals surface area contributed by atoms with Crippen LogP contribution in [0.25, 0.3) is 0 Å². The predicted molar refractivity (Wildman–Crippen MR) is 78.8 cm³/mol. The fourth-order valence-electron chi connectivity index (χ4n) is 2.05. The minimum atomic E-state index is -1.00. The summed E-state index contributed by atoms with van der Waals surface area (Å²) in [5.41, 5.74) is 1.28. The Balaban J connectivity index is 2.29. The van der Waals surface area contributed by atoms with Crippen molar-refractivity contribution in [1.29, 1.82) is 0 Å². The lowest BCUT2D eigenvalue weighted by Crippen LogP contribution is -2.12. The van der Waals surface area contributed by atoms with Crippen molar-refractivity contribution < 1.29 is 19.4 Å². The van der Waals surface area contributed by atoms with Gasteiger partial charge < -0.3 is 9.84 Å². The Morgan fingerprint density at radius 1 is 1.10 bits per heavy atom. The first kappa shape index (κ1) is 14.8. The largest absolute Gasteiger partial charge is 0.478 e. The summed E-state index contributed by atoms with van der Waals surface area (Å²) >= 11 is 0. The first-order valence-electron chi connectivity index (χ1n) is 6.75. The number of carboxylic acid groups (broad SMARTS) is 1. The van der Waals surface area contributed by atoms with Crippen molar-refractivity contribution in [3.8, 4) is 5.75 Å². The molecular weight excluding hydrogens is 268 g/mol. The second kappa shape index (κ2) is 6.70. The molecule has 0 atom stereocenters. The zero-order valence-electron chi connectivity index (χ0n) is 11.7. The molecule has 108 valence electrons. The molecule has 0 aromatic heterocycles. The Morgan fingerprint density at radius 3 is 2.43 bits per heavy atom. The average Bonchev–Trinajstić information content (AvgIpc) is 2.48. The molecule has 0 aliphatic carbocycles. The van der Waals surface area contributed by atoms with Crippen LogP contribution < -0.4 is 4.74 Å².